The largest absolute Gasteiger partial charge is 0.495 e. The van der Waals surface area contributed by atoms with E-state index in [1.165, 1.54) is 19.3 Å². The van der Waals surface area contributed by atoms with Crippen LogP contribution in [0.1, 0.15) is 111 Å². The number of nitrogens with two attached hydrogens (primary N) is 1. The van der Waals surface area contributed by atoms with E-state index in [1.54, 1.807) is 19.1 Å². The number of aliphatic hydroxyl groups is 1. The van der Waals surface area contributed by atoms with Gasteiger partial charge in [0, 0.05) is 32.7 Å². The zero-order valence-corrected chi connectivity index (χ0v) is 31.1. The highest BCUT2D eigenvalue weighted by atomic mass is 35.5. The van der Waals surface area contributed by atoms with Crippen molar-refractivity contribution in [3.63, 3.8) is 0 Å². The molecule has 5 N–H and O–H groups in total. The summed E-state index contributed by atoms with van der Waals surface area (Å²) in [7, 11) is 3.31. The molecule has 48 heavy (non-hydrogen) atoms. The van der Waals surface area contributed by atoms with Gasteiger partial charge in [-0.2, -0.15) is 0 Å². The molecular weight excluding hydrogens is 634 g/mol. The molecule has 2 heterocycles. The second kappa shape index (κ2) is 21.1. The number of nitrogens with one attached hydrogen (secondary N) is 1. The average Bonchev–Trinajstić information content (AvgIpc) is 3.01. The molecule has 0 aromatic heterocycles. The lowest BCUT2D eigenvalue weighted by Gasteiger charge is -2.40. The van der Waals surface area contributed by atoms with Crippen LogP contribution in [-0.4, -0.2) is 60.7 Å². The molecule has 1 saturated heterocycles. The summed E-state index contributed by atoms with van der Waals surface area (Å²) in [6.45, 7) is 13.2. The number of carboxylic acids is 1. The van der Waals surface area contributed by atoms with Gasteiger partial charge in [0.1, 0.15) is 22.6 Å². The number of benzene rings is 1. The molecule has 1 aromatic carbocycles. The zero-order valence-electron chi connectivity index (χ0n) is 30.4. The van der Waals surface area contributed by atoms with Gasteiger partial charge in [0.05, 0.1) is 12.8 Å². The van der Waals surface area contributed by atoms with E-state index in [-0.39, 0.29) is 30.1 Å². The minimum atomic E-state index is -1.36. The maximum absolute atomic E-state index is 13.2. The number of unbranched alkanes of at least 4 members (excludes halogenated alkanes) is 2. The number of carboxylic acid groups (broad SMARTS) is 1. The normalized spacial score (nSPS) is 24.6. The average molecular weight is 694 g/mol. The van der Waals surface area contributed by atoms with E-state index in [9.17, 15) is 19.5 Å². The second-order valence-corrected chi connectivity index (χ2v) is 13.9. The van der Waals surface area contributed by atoms with Gasteiger partial charge in [-0.05, 0) is 68.2 Å². The third kappa shape index (κ3) is 15.0. The lowest BCUT2D eigenvalue weighted by molar-refractivity contribution is -0.137. The number of aliphatic carboxylic acids is 1. The summed E-state index contributed by atoms with van der Waals surface area (Å²) in [5.74, 6) is -0.138. The Kier molecular flexibility index (Phi) is 18.9. The van der Waals surface area contributed by atoms with Crippen molar-refractivity contribution in [2.45, 2.75) is 124 Å². The first-order valence-electron chi connectivity index (χ1n) is 17.1. The highest BCUT2D eigenvalue weighted by Gasteiger charge is 2.40. The SMILES string of the molecule is CCCCC.COc1cc2cc(c1Cl)N(C)C(=O)CCC(C)(C)C(C)CC1C[C@](O)(C/C=C/C=C(\C)C2)NC(=O)O1.NCCCC(=O)O. The maximum Gasteiger partial charge on any atom is 0.409 e. The lowest BCUT2D eigenvalue weighted by atomic mass is 9.73. The fourth-order valence-corrected chi connectivity index (χ4v) is 5.73. The predicted octanol–water partition coefficient (Wildman–Crippen LogP) is 7.79. The number of carbonyl (C=O) groups is 3. The first-order chi connectivity index (χ1) is 22.5. The number of amides is 2. The van der Waals surface area contributed by atoms with Gasteiger partial charge in [-0.1, -0.05) is 89.3 Å². The highest BCUT2D eigenvalue weighted by molar-refractivity contribution is 6.35. The molecule has 1 aromatic rings. The molecule has 2 aliphatic heterocycles. The molecule has 2 aliphatic rings. The van der Waals surface area contributed by atoms with Gasteiger partial charge in [-0.25, -0.2) is 4.79 Å². The molecular formula is C37H60ClN3O7. The summed E-state index contributed by atoms with van der Waals surface area (Å²) < 4.78 is 11.0. The lowest BCUT2D eigenvalue weighted by Crippen LogP contribution is -2.56. The Labute approximate surface area is 293 Å². The van der Waals surface area contributed by atoms with Crippen LogP contribution in [-0.2, 0) is 20.7 Å². The number of hydrogen-bond acceptors (Lipinski definition) is 7. The van der Waals surface area contributed by atoms with Gasteiger partial charge in [0.25, 0.3) is 0 Å². The summed E-state index contributed by atoms with van der Waals surface area (Å²) in [5.41, 5.74) is 6.13. The molecule has 3 rings (SSSR count). The number of halogens is 1. The van der Waals surface area contributed by atoms with Crippen molar-refractivity contribution < 1.29 is 34.1 Å². The Bertz CT molecular complexity index is 1250. The van der Waals surface area contributed by atoms with Crippen LogP contribution >= 0.6 is 11.6 Å². The summed E-state index contributed by atoms with van der Waals surface area (Å²) in [5, 5.41) is 22.0. The van der Waals surface area contributed by atoms with E-state index < -0.39 is 23.9 Å². The Hall–Kier alpha value is -3.08. The molecule has 4 bridgehead atoms. The van der Waals surface area contributed by atoms with Gasteiger partial charge in [0.2, 0.25) is 5.91 Å². The van der Waals surface area contributed by atoms with Crippen molar-refractivity contribution in [2.75, 3.05) is 25.6 Å². The number of fused-ring (bicyclic) bond motifs is 4. The summed E-state index contributed by atoms with van der Waals surface area (Å²) >= 11 is 6.61. The minimum Gasteiger partial charge on any atom is -0.495 e. The van der Waals surface area contributed by atoms with E-state index >= 15 is 0 Å². The summed E-state index contributed by atoms with van der Waals surface area (Å²) in [4.78, 5) is 36.7. The van der Waals surface area contributed by atoms with Crippen molar-refractivity contribution in [3.05, 3.63) is 46.5 Å². The van der Waals surface area contributed by atoms with E-state index in [4.69, 9.17) is 31.9 Å². The van der Waals surface area contributed by atoms with Gasteiger partial charge < -0.3 is 30.3 Å². The number of ether oxygens (including phenoxy) is 2. The number of allylic oxidation sites excluding steroid dienone is 3. The number of rotatable bonds is 6. The van der Waals surface area contributed by atoms with Crippen LogP contribution in [0.4, 0.5) is 10.5 Å². The zero-order chi connectivity index (χ0) is 36.5. The fourth-order valence-electron chi connectivity index (χ4n) is 5.41. The Morgan fingerprint density at radius 2 is 1.88 bits per heavy atom. The maximum atomic E-state index is 13.2. The van der Waals surface area contributed by atoms with Crippen molar-refractivity contribution >= 4 is 35.3 Å². The van der Waals surface area contributed by atoms with Gasteiger partial charge >= 0.3 is 12.1 Å². The molecule has 0 radical (unpaired) electrons. The highest BCUT2D eigenvalue weighted by Crippen LogP contribution is 2.39. The quantitative estimate of drug-likeness (QED) is 0.236. The predicted molar refractivity (Wildman–Crippen MR) is 194 cm³/mol. The number of carbonyl (C=O) groups excluding carboxylic acids is 2. The third-order valence-corrected chi connectivity index (χ3v) is 9.28. The van der Waals surface area contributed by atoms with Crippen LogP contribution in [0, 0.1) is 11.3 Å². The summed E-state index contributed by atoms with van der Waals surface area (Å²) in [6.07, 6.45) is 12.3. The molecule has 2 unspecified atom stereocenters. The van der Waals surface area contributed by atoms with Crippen molar-refractivity contribution in [1.29, 1.82) is 0 Å². The van der Waals surface area contributed by atoms with Crippen LogP contribution < -0.4 is 20.7 Å². The molecule has 0 saturated carbocycles. The summed E-state index contributed by atoms with van der Waals surface area (Å²) in [6, 6.07) is 3.82. The number of anilines is 1. The van der Waals surface area contributed by atoms with Gasteiger partial charge in [0.15, 0.2) is 0 Å². The van der Waals surface area contributed by atoms with E-state index in [2.05, 4.69) is 39.9 Å². The van der Waals surface area contributed by atoms with Crippen molar-refractivity contribution in [2.24, 2.45) is 17.1 Å². The number of nitrogens with zero attached hydrogens (tertiary/aromatic N) is 1. The monoisotopic (exact) mass is 693 g/mol. The van der Waals surface area contributed by atoms with Gasteiger partial charge in [-0.15, -0.1) is 0 Å². The number of methoxy groups -OCH3 is 1. The topological polar surface area (TPSA) is 151 Å². The first kappa shape index (κ1) is 42.9. The Balaban J connectivity index is 0.000000817. The molecule has 11 heteroatoms. The van der Waals surface area contributed by atoms with Crippen LogP contribution in [0.3, 0.4) is 0 Å². The molecule has 0 aliphatic carbocycles. The van der Waals surface area contributed by atoms with Crippen LogP contribution in [0.2, 0.25) is 5.02 Å². The van der Waals surface area contributed by atoms with E-state index in [0.29, 0.717) is 61.5 Å². The molecule has 272 valence electrons. The van der Waals surface area contributed by atoms with Crippen molar-refractivity contribution in [3.8, 4) is 5.75 Å². The molecule has 0 spiro atoms. The molecule has 3 atom stereocenters. The van der Waals surface area contributed by atoms with E-state index in [0.717, 1.165) is 11.1 Å². The Morgan fingerprint density at radius 3 is 2.42 bits per heavy atom. The molecule has 10 nitrogen and oxygen atoms in total. The van der Waals surface area contributed by atoms with E-state index in [1.807, 2.05) is 37.3 Å². The van der Waals surface area contributed by atoms with Gasteiger partial charge in [-0.3, -0.25) is 14.9 Å². The number of hydrogen-bond donors (Lipinski definition) is 4. The standard InChI is InChI=1S/C28H39ClN2O5.C5H12.C4H9NO2/c1-18-9-7-8-11-28(34)17-21(36-26(33)30-28)14-19(2)27(3,4)12-10-24(32)31(5)22-15-20(13-18)16-23(35-6)25(22)29;1-3-5-4-2;5-3-1-2-4(6)7/h7-9,15-16,19,21,34H,10-14,17H2,1-6H3,(H,30,33);3-5H2,1-2H3;1-3,5H2,(H,6,7)/b8-7+,18-9+;;/t19?,21?,28-;;/m1../s1. The molecule has 2 amide bonds. The smallest absolute Gasteiger partial charge is 0.409 e. The van der Waals surface area contributed by atoms with Crippen LogP contribution in [0.5, 0.6) is 5.75 Å². The second-order valence-electron chi connectivity index (χ2n) is 13.6. The molecule has 1 fully saturated rings. The minimum absolute atomic E-state index is 0.0350. The fraction of sp³-hybridized carbons (Fsp3) is 0.649. The number of alkyl carbamates (subject to hydrolysis) is 1. The van der Waals surface area contributed by atoms with Crippen LogP contribution in [0.25, 0.3) is 0 Å². The third-order valence-electron chi connectivity index (χ3n) is 8.90. The first-order valence-corrected chi connectivity index (χ1v) is 17.5. The van der Waals surface area contributed by atoms with Crippen molar-refractivity contribution in [1.82, 2.24) is 5.32 Å². The van der Waals surface area contributed by atoms with Crippen LogP contribution in [0.15, 0.2) is 35.9 Å². The Morgan fingerprint density at radius 1 is 1.21 bits per heavy atom.